The van der Waals surface area contributed by atoms with Crippen LogP contribution in [0.2, 0.25) is 0 Å². The highest BCUT2D eigenvalue weighted by Gasteiger charge is 2.67. The SMILES string of the molecule is CN(CCCN(C)[C@@H]1[C@H]2CC[C@@](C)([C@H]1O)C2(C)C)[C@@H]1[C@H]2CC[C@@](C)([C@H]1O)C2(C)C. The van der Waals surface area contributed by atoms with Gasteiger partial charge in [-0.05, 0) is 82.0 Å². The molecule has 0 radical (unpaired) electrons. The Bertz CT molecular complexity index is 595. The van der Waals surface area contributed by atoms with Crippen LogP contribution in [-0.4, -0.2) is 71.5 Å². The van der Waals surface area contributed by atoms with Crippen LogP contribution in [0.4, 0.5) is 0 Å². The number of fused-ring (bicyclic) bond motifs is 4. The molecule has 0 aliphatic heterocycles. The molecule has 4 nitrogen and oxygen atoms in total. The molecule has 168 valence electrons. The second-order valence-electron chi connectivity index (χ2n) is 12.8. The Balaban J connectivity index is 1.34. The predicted molar refractivity (Wildman–Crippen MR) is 119 cm³/mol. The van der Waals surface area contributed by atoms with Gasteiger partial charge in [0.05, 0.1) is 12.2 Å². The van der Waals surface area contributed by atoms with Crippen molar-refractivity contribution in [3.8, 4) is 0 Å². The molecule has 29 heavy (non-hydrogen) atoms. The Morgan fingerprint density at radius 2 is 1.03 bits per heavy atom. The minimum atomic E-state index is -0.216. The summed E-state index contributed by atoms with van der Waals surface area (Å²) in [6, 6.07) is 0.583. The maximum absolute atomic E-state index is 11.1. The second kappa shape index (κ2) is 6.67. The molecule has 0 aromatic heterocycles. The molecular formula is C25H46N2O2. The van der Waals surface area contributed by atoms with Gasteiger partial charge in [-0.3, -0.25) is 0 Å². The first-order valence-electron chi connectivity index (χ1n) is 12.1. The number of likely N-dealkylation sites (N-methyl/N-ethyl adjacent to an activating group) is 2. The van der Waals surface area contributed by atoms with Gasteiger partial charge in [0.1, 0.15) is 0 Å². The molecular weight excluding hydrogens is 360 g/mol. The number of hydrogen-bond donors (Lipinski definition) is 2. The predicted octanol–water partition coefficient (Wildman–Crippen LogP) is 3.61. The normalized spacial score (nSPS) is 49.7. The monoisotopic (exact) mass is 406 g/mol. The van der Waals surface area contributed by atoms with Crippen LogP contribution in [0.5, 0.6) is 0 Å². The minimum absolute atomic E-state index is 0.0571. The third-order valence-corrected chi connectivity index (χ3v) is 11.6. The fraction of sp³-hybridized carbons (Fsp3) is 1.00. The van der Waals surface area contributed by atoms with Gasteiger partial charge in [-0.2, -0.15) is 0 Å². The molecule has 2 N–H and O–H groups in total. The van der Waals surface area contributed by atoms with Crippen molar-refractivity contribution in [2.24, 2.45) is 33.5 Å². The lowest BCUT2D eigenvalue weighted by molar-refractivity contribution is -0.0304. The van der Waals surface area contributed by atoms with E-state index >= 15 is 0 Å². The lowest BCUT2D eigenvalue weighted by Crippen LogP contribution is -2.50. The molecule has 8 atom stereocenters. The highest BCUT2D eigenvalue weighted by atomic mass is 16.3. The fourth-order valence-electron chi connectivity index (χ4n) is 8.54. The van der Waals surface area contributed by atoms with Crippen molar-refractivity contribution >= 4 is 0 Å². The average molecular weight is 407 g/mol. The number of rotatable bonds is 6. The third kappa shape index (κ3) is 2.64. The second-order valence-corrected chi connectivity index (χ2v) is 12.8. The smallest absolute Gasteiger partial charge is 0.0756 e. The van der Waals surface area contributed by atoms with E-state index in [0.29, 0.717) is 23.9 Å². The molecule has 4 rings (SSSR count). The summed E-state index contributed by atoms with van der Waals surface area (Å²) in [5.41, 5.74) is 0.552. The highest BCUT2D eigenvalue weighted by Crippen LogP contribution is 2.67. The van der Waals surface area contributed by atoms with E-state index in [1.807, 2.05) is 0 Å². The first-order valence-corrected chi connectivity index (χ1v) is 12.1. The molecule has 0 spiro atoms. The topological polar surface area (TPSA) is 46.9 Å². The largest absolute Gasteiger partial charge is 0.391 e. The standard InChI is InChI=1S/C25H46N2O2/c1-22(2)16-10-12-24(22,5)20(28)18(16)26(7)14-9-15-27(8)19-17-11-13-25(6,21(19)29)23(17,3)4/h16-21,28-29H,9-15H2,1-8H3/t16-,17-,18-,19-,20+,21+,24+,25+/m1/s1. The summed E-state index contributed by atoms with van der Waals surface area (Å²) in [4.78, 5) is 4.88. The number of aliphatic hydroxyl groups excluding tert-OH is 2. The Hall–Kier alpha value is -0.160. The zero-order chi connectivity index (χ0) is 21.6. The van der Waals surface area contributed by atoms with E-state index in [-0.39, 0.29) is 33.9 Å². The zero-order valence-corrected chi connectivity index (χ0v) is 20.2. The van der Waals surface area contributed by atoms with Gasteiger partial charge in [0.25, 0.3) is 0 Å². The molecule has 0 heterocycles. The Morgan fingerprint density at radius 3 is 1.31 bits per heavy atom. The molecule has 4 saturated carbocycles. The van der Waals surface area contributed by atoms with Crippen LogP contribution in [0.3, 0.4) is 0 Å². The Morgan fingerprint density at radius 1 is 0.690 bits per heavy atom. The van der Waals surface area contributed by atoms with E-state index in [1.54, 1.807) is 0 Å². The number of aliphatic hydroxyl groups is 2. The van der Waals surface area contributed by atoms with Crippen LogP contribution in [-0.2, 0) is 0 Å². The van der Waals surface area contributed by atoms with Crippen LogP contribution in [0.25, 0.3) is 0 Å². The quantitative estimate of drug-likeness (QED) is 0.707. The lowest BCUT2D eigenvalue weighted by Gasteiger charge is -2.40. The maximum Gasteiger partial charge on any atom is 0.0756 e. The fourth-order valence-corrected chi connectivity index (χ4v) is 8.54. The molecule has 0 unspecified atom stereocenters. The minimum Gasteiger partial charge on any atom is -0.391 e. The first kappa shape index (κ1) is 22.0. The molecule has 0 aromatic carbocycles. The molecule has 0 saturated heterocycles. The van der Waals surface area contributed by atoms with E-state index in [0.717, 1.165) is 32.4 Å². The average Bonchev–Trinajstić information content (AvgIpc) is 3.12. The van der Waals surface area contributed by atoms with E-state index < -0.39 is 0 Å². The lowest BCUT2D eigenvalue weighted by atomic mass is 9.70. The molecule has 0 aromatic rings. The van der Waals surface area contributed by atoms with Crippen molar-refractivity contribution in [1.82, 2.24) is 9.80 Å². The van der Waals surface area contributed by atoms with Crippen LogP contribution in [0.15, 0.2) is 0 Å². The summed E-state index contributed by atoms with van der Waals surface area (Å²) in [5, 5.41) is 22.3. The van der Waals surface area contributed by atoms with Crippen LogP contribution in [0, 0.1) is 33.5 Å². The summed E-state index contributed by atoms with van der Waals surface area (Å²) in [6.45, 7) is 16.1. The number of nitrogens with zero attached hydrogens (tertiary/aromatic N) is 2. The van der Waals surface area contributed by atoms with Crippen molar-refractivity contribution in [3.05, 3.63) is 0 Å². The van der Waals surface area contributed by atoms with E-state index in [9.17, 15) is 10.2 Å². The van der Waals surface area contributed by atoms with Gasteiger partial charge in [0, 0.05) is 22.9 Å². The summed E-state index contributed by atoms with van der Waals surface area (Å²) in [7, 11) is 4.43. The van der Waals surface area contributed by atoms with Crippen molar-refractivity contribution in [2.45, 2.75) is 97.9 Å². The van der Waals surface area contributed by atoms with E-state index in [1.165, 1.54) is 12.8 Å². The van der Waals surface area contributed by atoms with Crippen LogP contribution >= 0.6 is 0 Å². The van der Waals surface area contributed by atoms with E-state index in [2.05, 4.69) is 65.4 Å². The van der Waals surface area contributed by atoms with Gasteiger partial charge in [-0.1, -0.05) is 41.5 Å². The van der Waals surface area contributed by atoms with Crippen molar-refractivity contribution in [2.75, 3.05) is 27.2 Å². The summed E-state index contributed by atoms with van der Waals surface area (Å²) in [6.07, 6.45) is 5.48. The van der Waals surface area contributed by atoms with E-state index in [4.69, 9.17) is 0 Å². The van der Waals surface area contributed by atoms with Gasteiger partial charge in [-0.25, -0.2) is 0 Å². The first-order chi connectivity index (χ1) is 13.3. The van der Waals surface area contributed by atoms with Gasteiger partial charge in [-0.15, -0.1) is 0 Å². The van der Waals surface area contributed by atoms with Crippen LogP contribution in [0.1, 0.15) is 73.6 Å². The molecule has 4 fully saturated rings. The molecule has 4 aliphatic rings. The van der Waals surface area contributed by atoms with Crippen LogP contribution < -0.4 is 0 Å². The van der Waals surface area contributed by atoms with Gasteiger partial charge < -0.3 is 20.0 Å². The zero-order valence-electron chi connectivity index (χ0n) is 20.2. The Kier molecular flexibility index (Phi) is 5.07. The van der Waals surface area contributed by atoms with Crippen molar-refractivity contribution in [1.29, 1.82) is 0 Å². The van der Waals surface area contributed by atoms with Crippen molar-refractivity contribution in [3.63, 3.8) is 0 Å². The molecule has 4 bridgehead atoms. The summed E-state index contributed by atoms with van der Waals surface area (Å²) < 4.78 is 0. The van der Waals surface area contributed by atoms with Gasteiger partial charge in [0.15, 0.2) is 0 Å². The molecule has 4 heteroatoms. The summed E-state index contributed by atoms with van der Waals surface area (Å²) >= 11 is 0. The maximum atomic E-state index is 11.1. The Labute approximate surface area is 179 Å². The highest BCUT2D eigenvalue weighted by molar-refractivity contribution is 5.18. The molecule has 0 amide bonds. The third-order valence-electron chi connectivity index (χ3n) is 11.6. The number of hydrogen-bond acceptors (Lipinski definition) is 4. The van der Waals surface area contributed by atoms with Crippen molar-refractivity contribution < 1.29 is 10.2 Å². The van der Waals surface area contributed by atoms with Gasteiger partial charge in [0.2, 0.25) is 0 Å². The summed E-state index contributed by atoms with van der Waals surface area (Å²) in [5.74, 6) is 1.19. The van der Waals surface area contributed by atoms with Gasteiger partial charge >= 0.3 is 0 Å². The molecule has 4 aliphatic carbocycles.